The SMILES string of the molecule is CC(Oc1ccc(C(=O)Nc2ccc(N3CCCC3)nc2)cn1)c1ccccc1. The van der Waals surface area contributed by atoms with Crippen molar-refractivity contribution in [2.24, 2.45) is 0 Å². The lowest BCUT2D eigenvalue weighted by Gasteiger charge is -2.16. The number of hydrogen-bond acceptors (Lipinski definition) is 5. The summed E-state index contributed by atoms with van der Waals surface area (Å²) in [5, 5.41) is 2.86. The number of pyridine rings is 2. The second kappa shape index (κ2) is 8.73. The van der Waals surface area contributed by atoms with Gasteiger partial charge in [-0.3, -0.25) is 4.79 Å². The number of carbonyl (C=O) groups is 1. The molecule has 1 fully saturated rings. The molecule has 1 atom stereocenters. The van der Waals surface area contributed by atoms with Gasteiger partial charge in [-0.05, 0) is 43.5 Å². The van der Waals surface area contributed by atoms with Crippen molar-refractivity contribution >= 4 is 17.4 Å². The molecule has 1 aliphatic heterocycles. The van der Waals surface area contributed by atoms with Gasteiger partial charge in [-0.15, -0.1) is 0 Å². The van der Waals surface area contributed by atoms with E-state index < -0.39 is 0 Å². The number of anilines is 2. The summed E-state index contributed by atoms with van der Waals surface area (Å²) < 4.78 is 5.86. The number of nitrogens with zero attached hydrogens (tertiary/aromatic N) is 3. The first-order valence-corrected chi connectivity index (χ1v) is 9.89. The van der Waals surface area contributed by atoms with Crippen molar-refractivity contribution in [3.63, 3.8) is 0 Å². The Kier molecular flexibility index (Phi) is 5.70. The van der Waals surface area contributed by atoms with Crippen LogP contribution in [0.3, 0.4) is 0 Å². The highest BCUT2D eigenvalue weighted by atomic mass is 16.5. The minimum atomic E-state index is -0.226. The number of amides is 1. The summed E-state index contributed by atoms with van der Waals surface area (Å²) in [7, 11) is 0. The zero-order chi connectivity index (χ0) is 20.1. The van der Waals surface area contributed by atoms with Crippen LogP contribution in [-0.2, 0) is 0 Å². The first-order chi connectivity index (χ1) is 14.2. The van der Waals surface area contributed by atoms with Gasteiger partial charge >= 0.3 is 0 Å². The summed E-state index contributed by atoms with van der Waals surface area (Å²) in [6.07, 6.45) is 5.50. The van der Waals surface area contributed by atoms with Crippen molar-refractivity contribution in [1.29, 1.82) is 0 Å². The summed E-state index contributed by atoms with van der Waals surface area (Å²) in [4.78, 5) is 23.5. The maximum Gasteiger partial charge on any atom is 0.257 e. The zero-order valence-electron chi connectivity index (χ0n) is 16.4. The number of benzene rings is 1. The van der Waals surface area contributed by atoms with Crippen LogP contribution in [0.1, 0.15) is 41.8 Å². The Morgan fingerprint density at radius 3 is 2.45 bits per heavy atom. The molecule has 1 unspecified atom stereocenters. The Labute approximate surface area is 170 Å². The molecule has 2 aromatic heterocycles. The molecule has 3 heterocycles. The van der Waals surface area contributed by atoms with Gasteiger partial charge in [-0.25, -0.2) is 9.97 Å². The molecular formula is C23H24N4O2. The number of aromatic nitrogens is 2. The van der Waals surface area contributed by atoms with E-state index in [2.05, 4.69) is 20.2 Å². The van der Waals surface area contributed by atoms with Crippen molar-refractivity contribution in [3.8, 4) is 5.88 Å². The monoisotopic (exact) mass is 388 g/mol. The van der Waals surface area contributed by atoms with Crippen LogP contribution in [0.2, 0.25) is 0 Å². The van der Waals surface area contributed by atoms with Crippen LogP contribution in [0.5, 0.6) is 5.88 Å². The minimum absolute atomic E-state index is 0.122. The van der Waals surface area contributed by atoms with E-state index in [1.165, 1.54) is 19.0 Å². The van der Waals surface area contributed by atoms with E-state index in [1.54, 1.807) is 18.3 Å². The molecule has 0 spiro atoms. The third kappa shape index (κ3) is 4.71. The van der Waals surface area contributed by atoms with Gasteiger partial charge in [0.1, 0.15) is 11.9 Å². The number of carbonyl (C=O) groups excluding carboxylic acids is 1. The summed E-state index contributed by atoms with van der Waals surface area (Å²) in [6.45, 7) is 4.06. The van der Waals surface area contributed by atoms with Gasteiger partial charge < -0.3 is 15.0 Å². The Bertz CT molecular complexity index is 937. The van der Waals surface area contributed by atoms with E-state index in [1.807, 2.05) is 49.4 Å². The smallest absolute Gasteiger partial charge is 0.257 e. The van der Waals surface area contributed by atoms with Crippen LogP contribution in [0.25, 0.3) is 0 Å². The van der Waals surface area contributed by atoms with Gasteiger partial charge in [-0.2, -0.15) is 0 Å². The molecule has 1 N–H and O–H groups in total. The second-order valence-corrected chi connectivity index (χ2v) is 7.11. The molecule has 29 heavy (non-hydrogen) atoms. The fourth-order valence-electron chi connectivity index (χ4n) is 3.35. The lowest BCUT2D eigenvalue weighted by atomic mass is 10.1. The van der Waals surface area contributed by atoms with Crippen LogP contribution in [0, 0.1) is 0 Å². The topological polar surface area (TPSA) is 67.3 Å². The Morgan fingerprint density at radius 2 is 1.79 bits per heavy atom. The second-order valence-electron chi connectivity index (χ2n) is 7.11. The zero-order valence-corrected chi connectivity index (χ0v) is 16.4. The number of nitrogens with one attached hydrogen (secondary N) is 1. The molecule has 0 bridgehead atoms. The van der Waals surface area contributed by atoms with Crippen LogP contribution >= 0.6 is 0 Å². The molecule has 0 aliphatic carbocycles. The lowest BCUT2D eigenvalue weighted by molar-refractivity contribution is 0.102. The van der Waals surface area contributed by atoms with E-state index in [9.17, 15) is 4.79 Å². The van der Waals surface area contributed by atoms with E-state index in [0.717, 1.165) is 24.5 Å². The van der Waals surface area contributed by atoms with E-state index in [4.69, 9.17) is 4.74 Å². The quantitative estimate of drug-likeness (QED) is 0.675. The highest BCUT2D eigenvalue weighted by Gasteiger charge is 2.14. The molecular weight excluding hydrogens is 364 g/mol. The number of hydrogen-bond donors (Lipinski definition) is 1. The highest BCUT2D eigenvalue weighted by Crippen LogP contribution is 2.21. The molecule has 1 amide bonds. The van der Waals surface area contributed by atoms with Gasteiger partial charge in [0, 0.05) is 25.4 Å². The molecule has 1 aliphatic rings. The first kappa shape index (κ1) is 18.9. The first-order valence-electron chi connectivity index (χ1n) is 9.89. The largest absolute Gasteiger partial charge is 0.470 e. The summed E-state index contributed by atoms with van der Waals surface area (Å²) in [5.41, 5.74) is 2.20. The van der Waals surface area contributed by atoms with Gasteiger partial charge in [0.05, 0.1) is 17.4 Å². The normalized spacial score (nSPS) is 14.4. The molecule has 4 rings (SSSR count). The third-order valence-electron chi connectivity index (χ3n) is 5.00. The van der Waals surface area contributed by atoms with Crippen molar-refractivity contribution in [2.45, 2.75) is 25.9 Å². The number of ether oxygens (including phenoxy) is 1. The maximum absolute atomic E-state index is 12.5. The average molecular weight is 388 g/mol. The van der Waals surface area contributed by atoms with Gasteiger partial charge in [0.15, 0.2) is 0 Å². The summed E-state index contributed by atoms with van der Waals surface area (Å²) in [5.74, 6) is 1.21. The molecule has 3 aromatic rings. The number of rotatable bonds is 6. The molecule has 6 nitrogen and oxygen atoms in total. The highest BCUT2D eigenvalue weighted by molar-refractivity contribution is 6.04. The third-order valence-corrected chi connectivity index (χ3v) is 5.00. The van der Waals surface area contributed by atoms with Gasteiger partial charge in [0.25, 0.3) is 5.91 Å². The average Bonchev–Trinajstić information content (AvgIpc) is 3.30. The van der Waals surface area contributed by atoms with Crippen molar-refractivity contribution in [2.75, 3.05) is 23.3 Å². The molecule has 1 aromatic carbocycles. The predicted molar refractivity (Wildman–Crippen MR) is 113 cm³/mol. The van der Waals surface area contributed by atoms with Gasteiger partial charge in [-0.1, -0.05) is 30.3 Å². The van der Waals surface area contributed by atoms with Crippen LogP contribution in [0.4, 0.5) is 11.5 Å². The fraction of sp³-hybridized carbons (Fsp3) is 0.261. The molecule has 1 saturated heterocycles. The van der Waals surface area contributed by atoms with Crippen LogP contribution in [0.15, 0.2) is 67.0 Å². The fourth-order valence-corrected chi connectivity index (χ4v) is 3.35. The maximum atomic E-state index is 12.5. The predicted octanol–water partition coefficient (Wildman–Crippen LogP) is 4.47. The summed E-state index contributed by atoms with van der Waals surface area (Å²) >= 11 is 0. The van der Waals surface area contributed by atoms with Crippen molar-refractivity contribution in [1.82, 2.24) is 9.97 Å². The lowest BCUT2D eigenvalue weighted by Crippen LogP contribution is -2.19. The molecule has 0 saturated carbocycles. The summed E-state index contributed by atoms with van der Waals surface area (Å²) in [6, 6.07) is 17.2. The molecule has 148 valence electrons. The van der Waals surface area contributed by atoms with Crippen molar-refractivity contribution < 1.29 is 9.53 Å². The molecule has 0 radical (unpaired) electrons. The van der Waals surface area contributed by atoms with Crippen LogP contribution in [-0.4, -0.2) is 29.0 Å². The molecule has 6 heteroatoms. The van der Waals surface area contributed by atoms with E-state index in [-0.39, 0.29) is 12.0 Å². The van der Waals surface area contributed by atoms with E-state index in [0.29, 0.717) is 17.1 Å². The standard InChI is InChI=1S/C23H24N4O2/c1-17(18-7-3-2-4-8-18)29-22-12-9-19(15-25-22)23(28)26-20-10-11-21(24-16-20)27-13-5-6-14-27/h2-4,7-12,15-17H,5-6,13-14H2,1H3,(H,26,28). The van der Waals surface area contributed by atoms with E-state index >= 15 is 0 Å². The van der Waals surface area contributed by atoms with Gasteiger partial charge in [0.2, 0.25) is 5.88 Å². The Hall–Kier alpha value is -3.41. The Morgan fingerprint density at radius 1 is 1.00 bits per heavy atom. The Balaban J connectivity index is 1.35. The van der Waals surface area contributed by atoms with Crippen LogP contribution < -0.4 is 15.0 Å². The minimum Gasteiger partial charge on any atom is -0.470 e. The van der Waals surface area contributed by atoms with Crippen molar-refractivity contribution in [3.05, 3.63) is 78.1 Å².